The molecule has 3 aliphatic heterocycles. The maximum absolute atomic E-state index is 13.3. The molecular formula is C25H27N3O2S. The minimum atomic E-state index is -0.0378. The smallest absolute Gasteiger partial charge is 0.255 e. The van der Waals surface area contributed by atoms with Crippen LogP contribution in [0.25, 0.3) is 15.8 Å². The van der Waals surface area contributed by atoms with Crippen molar-refractivity contribution in [3.63, 3.8) is 0 Å². The number of allylic oxidation sites excluding steroid dienone is 4. The number of aromatic nitrogens is 1. The molecule has 4 heterocycles. The number of fused-ring (bicyclic) bond motifs is 2. The number of nitrogens with zero attached hydrogens (tertiary/aromatic N) is 2. The summed E-state index contributed by atoms with van der Waals surface area (Å²) < 4.78 is 7.33. The number of rotatable bonds is 3. The molecule has 2 aromatic rings. The Bertz CT molecular complexity index is 1130. The Morgan fingerprint density at radius 2 is 2.06 bits per heavy atom. The number of carbonyl (C=O) groups excluding carboxylic acids is 1. The Kier molecular flexibility index (Phi) is 5.50. The van der Waals surface area contributed by atoms with Crippen LogP contribution in [-0.2, 0) is 9.53 Å². The van der Waals surface area contributed by atoms with Gasteiger partial charge < -0.3 is 10.1 Å². The third kappa shape index (κ3) is 4.23. The standard InChI is InChI=1S/C25H27N3O2S/c1-16-3-5-19-6-7-21(30-20-9-11-26-12-10-20)15-28(19)25(29)14-22(16)18-4-8-23-24(13-18)31-17(2)27-23/h4-8,13-16,20,26H,3,9-12H2,1-2H3. The molecule has 1 fully saturated rings. The number of ether oxygens (including phenoxy) is 1. The van der Waals surface area contributed by atoms with Gasteiger partial charge in [-0.1, -0.05) is 19.1 Å². The van der Waals surface area contributed by atoms with Gasteiger partial charge in [-0.2, -0.15) is 0 Å². The molecule has 1 aromatic heterocycles. The van der Waals surface area contributed by atoms with Crippen molar-refractivity contribution in [2.75, 3.05) is 13.1 Å². The molecule has 1 atom stereocenters. The average Bonchev–Trinajstić information content (AvgIpc) is 3.15. The number of aryl methyl sites for hydroxylation is 1. The fourth-order valence-electron chi connectivity index (χ4n) is 4.38. The molecule has 5 rings (SSSR count). The van der Waals surface area contributed by atoms with Crippen LogP contribution in [0.5, 0.6) is 0 Å². The summed E-state index contributed by atoms with van der Waals surface area (Å²) in [6.07, 6.45) is 12.8. The number of hydrogen-bond acceptors (Lipinski definition) is 5. The molecule has 1 unspecified atom stereocenters. The van der Waals surface area contributed by atoms with Gasteiger partial charge >= 0.3 is 0 Å². The lowest BCUT2D eigenvalue weighted by Crippen LogP contribution is -2.33. The summed E-state index contributed by atoms with van der Waals surface area (Å²) in [6, 6.07) is 6.31. The summed E-state index contributed by atoms with van der Waals surface area (Å²) in [5.41, 5.74) is 4.09. The van der Waals surface area contributed by atoms with Crippen LogP contribution in [0.3, 0.4) is 0 Å². The van der Waals surface area contributed by atoms with Gasteiger partial charge in [-0.05, 0) is 80.6 Å². The van der Waals surface area contributed by atoms with E-state index in [1.54, 1.807) is 22.3 Å². The summed E-state index contributed by atoms with van der Waals surface area (Å²) in [7, 11) is 0. The van der Waals surface area contributed by atoms with Crippen LogP contribution in [0.1, 0.15) is 36.8 Å². The molecule has 31 heavy (non-hydrogen) atoms. The number of hydrogen-bond donors (Lipinski definition) is 1. The number of amides is 1. The number of carbonyl (C=O) groups is 1. The SMILES string of the molecule is Cc1nc2ccc(C3=CC(=O)N4C=C(OC5CCNCC5)C=CC4=CCC3C)cc2s1. The molecule has 0 spiro atoms. The number of piperidine rings is 1. The molecule has 5 nitrogen and oxygen atoms in total. The third-order valence-corrected chi connectivity index (χ3v) is 7.03. The van der Waals surface area contributed by atoms with Crippen LogP contribution in [0.15, 0.2) is 60.2 Å². The van der Waals surface area contributed by atoms with Crippen LogP contribution >= 0.6 is 11.3 Å². The second-order valence-electron chi connectivity index (χ2n) is 8.42. The van der Waals surface area contributed by atoms with Crippen molar-refractivity contribution in [2.24, 2.45) is 5.92 Å². The predicted molar refractivity (Wildman–Crippen MR) is 125 cm³/mol. The predicted octanol–water partition coefficient (Wildman–Crippen LogP) is 4.92. The largest absolute Gasteiger partial charge is 0.489 e. The number of nitrogens with one attached hydrogen (secondary N) is 1. The Labute approximate surface area is 186 Å². The summed E-state index contributed by atoms with van der Waals surface area (Å²) >= 11 is 1.69. The monoisotopic (exact) mass is 433 g/mol. The summed E-state index contributed by atoms with van der Waals surface area (Å²) in [4.78, 5) is 19.6. The highest BCUT2D eigenvalue weighted by Gasteiger charge is 2.24. The zero-order valence-corrected chi connectivity index (χ0v) is 18.7. The van der Waals surface area contributed by atoms with Crippen molar-refractivity contribution < 1.29 is 9.53 Å². The second kappa shape index (κ2) is 8.44. The minimum Gasteiger partial charge on any atom is -0.489 e. The van der Waals surface area contributed by atoms with Gasteiger partial charge in [0, 0.05) is 11.8 Å². The van der Waals surface area contributed by atoms with Crippen molar-refractivity contribution in [2.45, 2.75) is 39.2 Å². The molecule has 0 saturated carbocycles. The maximum Gasteiger partial charge on any atom is 0.255 e. The van der Waals surface area contributed by atoms with Crippen LogP contribution in [0.4, 0.5) is 0 Å². The first-order valence-electron chi connectivity index (χ1n) is 11.0. The fraction of sp³-hybridized carbons (Fsp3) is 0.360. The van der Waals surface area contributed by atoms with E-state index in [1.807, 2.05) is 25.3 Å². The van der Waals surface area contributed by atoms with Crippen LogP contribution in [0.2, 0.25) is 0 Å². The van der Waals surface area contributed by atoms with Gasteiger partial charge in [0.15, 0.2) is 0 Å². The zero-order valence-electron chi connectivity index (χ0n) is 17.9. The molecule has 1 aromatic carbocycles. The molecule has 6 heteroatoms. The second-order valence-corrected chi connectivity index (χ2v) is 9.66. The fourth-order valence-corrected chi connectivity index (χ4v) is 5.25. The first-order chi connectivity index (χ1) is 15.1. The van der Waals surface area contributed by atoms with E-state index in [9.17, 15) is 4.79 Å². The molecule has 1 N–H and O–H groups in total. The van der Waals surface area contributed by atoms with E-state index in [0.29, 0.717) is 0 Å². The Morgan fingerprint density at radius 1 is 1.23 bits per heavy atom. The van der Waals surface area contributed by atoms with Crippen molar-refractivity contribution in [1.82, 2.24) is 15.2 Å². The lowest BCUT2D eigenvalue weighted by Gasteiger charge is -2.29. The molecule has 3 aliphatic rings. The molecule has 0 radical (unpaired) electrons. The van der Waals surface area contributed by atoms with Gasteiger partial charge in [-0.15, -0.1) is 11.3 Å². The Hall–Kier alpha value is -2.70. The molecule has 0 bridgehead atoms. The van der Waals surface area contributed by atoms with E-state index in [0.717, 1.165) is 70.2 Å². The quantitative estimate of drug-likeness (QED) is 0.747. The Balaban J connectivity index is 1.43. The van der Waals surface area contributed by atoms with Crippen molar-refractivity contribution in [1.29, 1.82) is 0 Å². The molecule has 1 saturated heterocycles. The number of benzene rings is 1. The third-order valence-electron chi connectivity index (χ3n) is 6.10. The zero-order chi connectivity index (χ0) is 21.4. The molecular weight excluding hydrogens is 406 g/mol. The van der Waals surface area contributed by atoms with E-state index >= 15 is 0 Å². The molecule has 0 aliphatic carbocycles. The Morgan fingerprint density at radius 3 is 2.90 bits per heavy atom. The summed E-state index contributed by atoms with van der Waals surface area (Å²) in [6.45, 7) is 6.16. The topological polar surface area (TPSA) is 54.5 Å². The van der Waals surface area contributed by atoms with E-state index in [-0.39, 0.29) is 17.9 Å². The first kappa shape index (κ1) is 20.2. The maximum atomic E-state index is 13.3. The lowest BCUT2D eigenvalue weighted by atomic mass is 9.89. The van der Waals surface area contributed by atoms with Crippen molar-refractivity contribution in [3.8, 4) is 0 Å². The highest BCUT2D eigenvalue weighted by molar-refractivity contribution is 7.18. The van der Waals surface area contributed by atoms with Gasteiger partial charge in [0.25, 0.3) is 5.91 Å². The van der Waals surface area contributed by atoms with E-state index in [1.165, 1.54) is 0 Å². The normalized spacial score (nSPS) is 22.4. The lowest BCUT2D eigenvalue weighted by molar-refractivity contribution is -0.122. The average molecular weight is 434 g/mol. The van der Waals surface area contributed by atoms with Crippen molar-refractivity contribution >= 4 is 33.0 Å². The van der Waals surface area contributed by atoms with E-state index in [4.69, 9.17) is 4.74 Å². The molecule has 160 valence electrons. The first-order valence-corrected chi connectivity index (χ1v) is 11.8. The van der Waals surface area contributed by atoms with Gasteiger partial charge in [0.05, 0.1) is 21.4 Å². The highest BCUT2D eigenvalue weighted by atomic mass is 32.1. The van der Waals surface area contributed by atoms with Crippen LogP contribution in [0, 0.1) is 12.8 Å². The van der Waals surface area contributed by atoms with Gasteiger partial charge in [-0.25, -0.2) is 4.98 Å². The van der Waals surface area contributed by atoms with Gasteiger partial charge in [0.1, 0.15) is 11.9 Å². The molecule has 1 amide bonds. The van der Waals surface area contributed by atoms with E-state index < -0.39 is 0 Å². The van der Waals surface area contributed by atoms with Gasteiger partial charge in [-0.3, -0.25) is 9.69 Å². The minimum absolute atomic E-state index is 0.0378. The van der Waals surface area contributed by atoms with Crippen molar-refractivity contribution in [3.05, 3.63) is 70.7 Å². The van der Waals surface area contributed by atoms with E-state index in [2.05, 4.69) is 41.5 Å². The van der Waals surface area contributed by atoms with Gasteiger partial charge in [0.2, 0.25) is 0 Å². The van der Waals surface area contributed by atoms with Crippen LogP contribution in [-0.4, -0.2) is 35.0 Å². The number of thiazole rings is 1. The summed E-state index contributed by atoms with van der Waals surface area (Å²) in [5.74, 6) is 0.960. The van der Waals surface area contributed by atoms with Crippen LogP contribution < -0.4 is 5.32 Å². The highest BCUT2D eigenvalue weighted by Crippen LogP contribution is 2.34. The summed E-state index contributed by atoms with van der Waals surface area (Å²) in [5, 5.41) is 4.41.